The van der Waals surface area contributed by atoms with Gasteiger partial charge < -0.3 is 19.8 Å². The molecule has 29 heavy (non-hydrogen) atoms. The van der Waals surface area contributed by atoms with E-state index in [4.69, 9.17) is 9.47 Å². The Bertz CT molecular complexity index is 1090. The molecule has 0 spiro atoms. The Morgan fingerprint density at radius 3 is 2.59 bits per heavy atom. The molecule has 3 aromatic rings. The molecule has 148 valence electrons. The van der Waals surface area contributed by atoms with Crippen LogP contribution < -0.4 is 20.3 Å². The first-order chi connectivity index (χ1) is 14.0. The van der Waals surface area contributed by atoms with E-state index in [-0.39, 0.29) is 17.1 Å². The van der Waals surface area contributed by atoms with Crippen LogP contribution in [0.15, 0.2) is 65.5 Å². The first kappa shape index (κ1) is 19.6. The molecule has 0 aliphatic heterocycles. The van der Waals surface area contributed by atoms with Crippen LogP contribution in [-0.4, -0.2) is 22.9 Å². The number of methoxy groups -OCH3 is 1. The molecule has 0 aliphatic rings. The fourth-order valence-corrected chi connectivity index (χ4v) is 2.58. The van der Waals surface area contributed by atoms with Gasteiger partial charge in [-0.1, -0.05) is 30.3 Å². The van der Waals surface area contributed by atoms with Crippen molar-refractivity contribution in [3.8, 4) is 11.5 Å². The number of nitrogens with one attached hydrogen (secondary N) is 2. The molecule has 2 aromatic carbocycles. The lowest BCUT2D eigenvalue weighted by Gasteiger charge is -2.12. The number of hydrogen-bond donors (Lipinski definition) is 2. The number of anilines is 1. The molecule has 0 saturated heterocycles. The van der Waals surface area contributed by atoms with Crippen molar-refractivity contribution in [2.75, 3.05) is 12.4 Å². The molecule has 1 amide bonds. The minimum absolute atomic E-state index is 0.124. The number of nitro groups is 1. The van der Waals surface area contributed by atoms with Crippen LogP contribution in [0.5, 0.6) is 11.5 Å². The van der Waals surface area contributed by atoms with Crippen molar-refractivity contribution >= 4 is 17.4 Å². The minimum Gasteiger partial charge on any atom is -0.496 e. The molecule has 1 aromatic heterocycles. The number of carbonyl (C=O) groups is 1. The van der Waals surface area contributed by atoms with Crippen molar-refractivity contribution in [3.63, 3.8) is 0 Å². The molecule has 0 bridgehead atoms. The van der Waals surface area contributed by atoms with Crippen molar-refractivity contribution in [1.82, 2.24) is 4.98 Å². The Hall–Kier alpha value is -4.14. The summed E-state index contributed by atoms with van der Waals surface area (Å²) in [5.41, 5.74) is 0.0921. The van der Waals surface area contributed by atoms with Gasteiger partial charge in [-0.15, -0.1) is 0 Å². The average molecular weight is 395 g/mol. The second-order valence-corrected chi connectivity index (χ2v) is 5.93. The van der Waals surface area contributed by atoms with Crippen LogP contribution in [0.4, 0.5) is 11.5 Å². The smallest absolute Gasteiger partial charge is 0.310 e. The van der Waals surface area contributed by atoms with Gasteiger partial charge in [0.1, 0.15) is 18.1 Å². The third kappa shape index (κ3) is 4.78. The molecule has 0 aliphatic carbocycles. The van der Waals surface area contributed by atoms with Gasteiger partial charge in [-0.05, 0) is 17.7 Å². The van der Waals surface area contributed by atoms with E-state index in [2.05, 4.69) is 10.3 Å². The van der Waals surface area contributed by atoms with Gasteiger partial charge in [-0.25, -0.2) is 0 Å². The predicted octanol–water partition coefficient (Wildman–Crippen LogP) is 3.12. The largest absolute Gasteiger partial charge is 0.496 e. The number of benzene rings is 2. The summed E-state index contributed by atoms with van der Waals surface area (Å²) in [4.78, 5) is 36.7. The predicted molar refractivity (Wildman–Crippen MR) is 105 cm³/mol. The third-order valence-corrected chi connectivity index (χ3v) is 4.00. The molecular formula is C20H17N3O6. The Morgan fingerprint density at radius 1 is 1.14 bits per heavy atom. The SMILES string of the molecule is COc1cc(OCc2ccccc2)ccc1C(=O)Nc1[nH]c(=O)ccc1[N+](=O)[O-]. The summed E-state index contributed by atoms with van der Waals surface area (Å²) >= 11 is 0. The number of nitrogens with zero attached hydrogens (tertiary/aromatic N) is 1. The molecule has 2 N–H and O–H groups in total. The first-order valence-electron chi connectivity index (χ1n) is 8.52. The average Bonchev–Trinajstić information content (AvgIpc) is 2.72. The zero-order chi connectivity index (χ0) is 20.8. The van der Waals surface area contributed by atoms with Crippen LogP contribution in [0, 0.1) is 10.1 Å². The number of ether oxygens (including phenoxy) is 2. The first-order valence-corrected chi connectivity index (χ1v) is 8.52. The molecule has 0 atom stereocenters. The van der Waals surface area contributed by atoms with Crippen molar-refractivity contribution in [2.45, 2.75) is 6.61 Å². The highest BCUT2D eigenvalue weighted by atomic mass is 16.6. The number of amides is 1. The van der Waals surface area contributed by atoms with Crippen LogP contribution in [0.1, 0.15) is 15.9 Å². The number of rotatable bonds is 7. The second-order valence-electron chi connectivity index (χ2n) is 5.93. The highest BCUT2D eigenvalue weighted by Gasteiger charge is 2.20. The quantitative estimate of drug-likeness (QED) is 0.468. The summed E-state index contributed by atoms with van der Waals surface area (Å²) < 4.78 is 11.0. The Balaban J connectivity index is 1.80. The third-order valence-electron chi connectivity index (χ3n) is 4.00. The van der Waals surface area contributed by atoms with Gasteiger partial charge in [0.25, 0.3) is 5.91 Å². The van der Waals surface area contributed by atoms with Gasteiger partial charge in [-0.2, -0.15) is 0 Å². The lowest BCUT2D eigenvalue weighted by molar-refractivity contribution is -0.384. The molecule has 9 nitrogen and oxygen atoms in total. The van der Waals surface area contributed by atoms with Crippen molar-refractivity contribution in [1.29, 1.82) is 0 Å². The van der Waals surface area contributed by atoms with Gasteiger partial charge in [0, 0.05) is 18.2 Å². The highest BCUT2D eigenvalue weighted by molar-refractivity contribution is 6.06. The summed E-state index contributed by atoms with van der Waals surface area (Å²) in [5.74, 6) is -0.282. The van der Waals surface area contributed by atoms with Gasteiger partial charge in [-0.3, -0.25) is 19.7 Å². The van der Waals surface area contributed by atoms with Crippen LogP contribution in [0.3, 0.4) is 0 Å². The Morgan fingerprint density at radius 2 is 1.90 bits per heavy atom. The molecule has 0 radical (unpaired) electrons. The van der Waals surface area contributed by atoms with E-state index < -0.39 is 22.1 Å². The standard InChI is InChI=1S/C20H17N3O6/c1-28-17-11-14(29-12-13-5-3-2-4-6-13)7-8-15(17)20(25)22-19-16(23(26)27)9-10-18(24)21-19/h2-11H,12H2,1H3,(H2,21,22,24,25). The maximum absolute atomic E-state index is 12.6. The Labute approximate surface area is 165 Å². The molecule has 0 saturated carbocycles. The zero-order valence-electron chi connectivity index (χ0n) is 15.4. The van der Waals surface area contributed by atoms with Crippen LogP contribution >= 0.6 is 0 Å². The maximum Gasteiger partial charge on any atom is 0.310 e. The van der Waals surface area contributed by atoms with Crippen LogP contribution in [0.2, 0.25) is 0 Å². The van der Waals surface area contributed by atoms with Gasteiger partial charge in [0.15, 0.2) is 5.82 Å². The molecule has 0 fully saturated rings. The number of aromatic nitrogens is 1. The summed E-state index contributed by atoms with van der Waals surface area (Å²) in [6.07, 6.45) is 0. The van der Waals surface area contributed by atoms with Crippen molar-refractivity contribution in [2.24, 2.45) is 0 Å². The summed E-state index contributed by atoms with van der Waals surface area (Å²) in [6, 6.07) is 16.2. The van der Waals surface area contributed by atoms with Crippen molar-refractivity contribution < 1.29 is 19.2 Å². The summed E-state index contributed by atoms with van der Waals surface area (Å²) in [6.45, 7) is 0.340. The molecular weight excluding hydrogens is 378 g/mol. The van der Waals surface area contributed by atoms with E-state index in [0.29, 0.717) is 12.4 Å². The fourth-order valence-electron chi connectivity index (χ4n) is 2.58. The monoisotopic (exact) mass is 395 g/mol. The number of H-pyrrole nitrogens is 1. The van der Waals surface area contributed by atoms with E-state index in [0.717, 1.165) is 17.7 Å². The Kier molecular flexibility index (Phi) is 5.88. The van der Waals surface area contributed by atoms with E-state index in [1.807, 2.05) is 30.3 Å². The second kappa shape index (κ2) is 8.70. The number of aromatic amines is 1. The fraction of sp³-hybridized carbons (Fsp3) is 0.100. The van der Waals surface area contributed by atoms with E-state index in [1.54, 1.807) is 12.1 Å². The van der Waals surface area contributed by atoms with Crippen LogP contribution in [0.25, 0.3) is 0 Å². The minimum atomic E-state index is -0.705. The van der Waals surface area contributed by atoms with E-state index in [1.165, 1.54) is 13.2 Å². The maximum atomic E-state index is 12.6. The number of hydrogen-bond acceptors (Lipinski definition) is 6. The molecule has 0 unspecified atom stereocenters. The summed E-state index contributed by atoms with van der Waals surface area (Å²) in [5, 5.41) is 13.4. The highest BCUT2D eigenvalue weighted by Crippen LogP contribution is 2.27. The van der Waals surface area contributed by atoms with E-state index >= 15 is 0 Å². The zero-order valence-corrected chi connectivity index (χ0v) is 15.4. The lowest BCUT2D eigenvalue weighted by Crippen LogP contribution is -2.18. The topological polar surface area (TPSA) is 124 Å². The number of carbonyl (C=O) groups excluding carboxylic acids is 1. The lowest BCUT2D eigenvalue weighted by atomic mass is 10.1. The van der Waals surface area contributed by atoms with Gasteiger partial charge >= 0.3 is 5.69 Å². The molecule has 3 rings (SSSR count). The number of pyridine rings is 1. The normalized spacial score (nSPS) is 10.2. The molecule has 9 heteroatoms. The van der Waals surface area contributed by atoms with Gasteiger partial charge in [0.2, 0.25) is 5.56 Å². The summed E-state index contributed by atoms with van der Waals surface area (Å²) in [7, 11) is 1.39. The van der Waals surface area contributed by atoms with Crippen LogP contribution in [-0.2, 0) is 6.61 Å². The van der Waals surface area contributed by atoms with E-state index in [9.17, 15) is 19.7 Å². The van der Waals surface area contributed by atoms with Gasteiger partial charge in [0.05, 0.1) is 17.6 Å². The van der Waals surface area contributed by atoms with Crippen molar-refractivity contribution in [3.05, 3.63) is 92.3 Å². The molecule has 1 heterocycles.